The maximum absolute atomic E-state index is 13.3. The van der Waals surface area contributed by atoms with Crippen molar-refractivity contribution in [3.63, 3.8) is 0 Å². The van der Waals surface area contributed by atoms with Gasteiger partial charge < -0.3 is 44.1 Å². The van der Waals surface area contributed by atoms with Crippen molar-refractivity contribution in [3.05, 3.63) is 34.9 Å². The highest BCUT2D eigenvalue weighted by Gasteiger charge is 2.29. The van der Waals surface area contributed by atoms with Crippen LogP contribution < -0.4 is 43.8 Å². The Kier molecular flexibility index (Phi) is 9.35. The highest BCUT2D eigenvalue weighted by molar-refractivity contribution is 6.31. The van der Waals surface area contributed by atoms with Crippen LogP contribution in [0.25, 0.3) is 11.0 Å². The fourth-order valence-corrected chi connectivity index (χ4v) is 4.53. The predicted molar refractivity (Wildman–Crippen MR) is 135 cm³/mol. The van der Waals surface area contributed by atoms with Crippen LogP contribution in [0.15, 0.2) is 18.2 Å². The number of aryl methyl sites for hydroxylation is 1. The Morgan fingerprint density at radius 3 is 2.73 bits per heavy atom. The van der Waals surface area contributed by atoms with Crippen LogP contribution in [0.1, 0.15) is 29.7 Å². The molecule has 0 unspecified atom stereocenters. The van der Waals surface area contributed by atoms with Crippen molar-refractivity contribution in [2.24, 2.45) is 0 Å². The van der Waals surface area contributed by atoms with E-state index in [1.54, 1.807) is 7.11 Å². The number of methoxy groups -OCH3 is 1. The van der Waals surface area contributed by atoms with Crippen molar-refractivity contribution in [1.29, 1.82) is 0 Å². The number of carbonyl (C=O) groups is 2. The number of ether oxygens (including phenoxy) is 1. The summed E-state index contributed by atoms with van der Waals surface area (Å²) in [6.45, 7) is 5.87. The maximum Gasteiger partial charge on any atom is 0.277 e. The highest BCUT2D eigenvalue weighted by Crippen LogP contribution is 2.22. The summed E-state index contributed by atoms with van der Waals surface area (Å²) in [5, 5.41) is 6.06. The molecule has 6 N–H and O–H groups in total. The number of anilines is 2. The van der Waals surface area contributed by atoms with Crippen LogP contribution in [0.3, 0.4) is 0 Å². The number of hydrogen-bond acceptors (Lipinski definition) is 8. The Morgan fingerprint density at radius 2 is 2.00 bits per heavy atom. The van der Waals surface area contributed by atoms with Gasteiger partial charge in [-0.3, -0.25) is 9.59 Å². The first-order chi connectivity index (χ1) is 17.3. The SMILES string of the molecule is CCn1c(CNC(=O)c2nc(Cl)c(N)nc2N)[n+](CC(=O)N2CCCNCC2)c2ccc(OC)cc21.[Cl-]. The average Bonchev–Trinajstić information content (AvgIpc) is 3.01. The molecule has 0 radical (unpaired) electrons. The first-order valence-corrected chi connectivity index (χ1v) is 12.2. The van der Waals surface area contributed by atoms with E-state index in [9.17, 15) is 9.59 Å². The number of nitrogen functional groups attached to an aromatic ring is 2. The molecule has 4 rings (SSSR count). The summed E-state index contributed by atoms with van der Waals surface area (Å²) >= 11 is 5.94. The second-order valence-electron chi connectivity index (χ2n) is 8.40. The third-order valence-corrected chi connectivity index (χ3v) is 6.49. The van der Waals surface area contributed by atoms with Gasteiger partial charge in [0.2, 0.25) is 0 Å². The number of nitrogens with two attached hydrogens (primary N) is 2. The largest absolute Gasteiger partial charge is 1.00 e. The average molecular weight is 552 g/mol. The molecule has 200 valence electrons. The number of benzene rings is 1. The number of hydrogen-bond donors (Lipinski definition) is 4. The van der Waals surface area contributed by atoms with E-state index >= 15 is 0 Å². The minimum absolute atomic E-state index is 0. The number of amides is 2. The number of nitrogens with one attached hydrogen (secondary N) is 2. The molecule has 3 heterocycles. The summed E-state index contributed by atoms with van der Waals surface area (Å²) in [4.78, 5) is 36.0. The normalized spacial score (nSPS) is 13.6. The molecule has 0 saturated carbocycles. The monoisotopic (exact) mass is 551 g/mol. The van der Waals surface area contributed by atoms with E-state index in [2.05, 4.69) is 20.6 Å². The van der Waals surface area contributed by atoms with Crippen molar-refractivity contribution >= 4 is 46.1 Å². The van der Waals surface area contributed by atoms with Crippen LogP contribution in [0.5, 0.6) is 5.75 Å². The Balaban J connectivity index is 0.00000380. The smallest absolute Gasteiger partial charge is 0.277 e. The van der Waals surface area contributed by atoms with E-state index in [0.29, 0.717) is 25.4 Å². The van der Waals surface area contributed by atoms with Crippen molar-refractivity contribution in [1.82, 2.24) is 30.1 Å². The van der Waals surface area contributed by atoms with Crippen LogP contribution in [-0.2, 0) is 24.4 Å². The molecule has 3 aromatic rings. The van der Waals surface area contributed by atoms with Crippen LogP contribution in [0, 0.1) is 0 Å². The molecular weight excluding hydrogens is 521 g/mol. The molecule has 1 aliphatic rings. The van der Waals surface area contributed by atoms with Gasteiger partial charge in [-0.25, -0.2) is 19.1 Å². The fraction of sp³-hybridized carbons (Fsp3) is 0.435. The van der Waals surface area contributed by atoms with Gasteiger partial charge in [0.25, 0.3) is 17.6 Å². The molecule has 0 bridgehead atoms. The van der Waals surface area contributed by atoms with Crippen molar-refractivity contribution in [2.45, 2.75) is 33.0 Å². The van der Waals surface area contributed by atoms with E-state index in [0.717, 1.165) is 36.4 Å². The molecule has 0 atom stereocenters. The second kappa shape index (κ2) is 12.3. The minimum Gasteiger partial charge on any atom is -1.00 e. The van der Waals surface area contributed by atoms with Crippen LogP contribution >= 0.6 is 11.6 Å². The van der Waals surface area contributed by atoms with Gasteiger partial charge in [0, 0.05) is 25.7 Å². The lowest BCUT2D eigenvalue weighted by molar-refractivity contribution is -0.668. The number of halogens is 2. The van der Waals surface area contributed by atoms with Crippen molar-refractivity contribution in [2.75, 3.05) is 44.8 Å². The van der Waals surface area contributed by atoms with Gasteiger partial charge in [0.1, 0.15) is 12.3 Å². The Bertz CT molecular complexity index is 1290. The van der Waals surface area contributed by atoms with Crippen molar-refractivity contribution < 1.29 is 31.3 Å². The van der Waals surface area contributed by atoms with Gasteiger partial charge in [0.05, 0.1) is 13.7 Å². The standard InChI is InChI=1S/C23H30ClN9O3.ClH/c1-3-32-16-11-14(36-2)5-6-15(16)33(13-18(34)31-9-4-7-27-8-10-31)17(32)12-28-23(35)19-21(25)30-22(26)20(24)29-19;/h5-6,11,27H,3-4,7-10,12-13H2,1-2H3,(H4-,25,26,28,30,35);1H. The van der Waals surface area contributed by atoms with Gasteiger partial charge in [0.15, 0.2) is 40.1 Å². The minimum atomic E-state index is -0.552. The third kappa shape index (κ3) is 5.97. The van der Waals surface area contributed by atoms with E-state index in [4.69, 9.17) is 27.8 Å². The van der Waals surface area contributed by atoms with Gasteiger partial charge >= 0.3 is 0 Å². The topological polar surface area (TPSA) is 157 Å². The second-order valence-corrected chi connectivity index (χ2v) is 8.76. The number of aromatic nitrogens is 4. The van der Waals surface area contributed by atoms with Crippen LogP contribution in [0.2, 0.25) is 5.15 Å². The first kappa shape index (κ1) is 28.2. The molecule has 2 aromatic heterocycles. The molecule has 0 aliphatic carbocycles. The molecule has 37 heavy (non-hydrogen) atoms. The van der Waals surface area contributed by atoms with Crippen LogP contribution in [0.4, 0.5) is 11.6 Å². The summed E-state index contributed by atoms with van der Waals surface area (Å²) < 4.78 is 9.40. The van der Waals surface area contributed by atoms with E-state index in [1.165, 1.54) is 0 Å². The number of fused-ring (bicyclic) bond motifs is 1. The molecular formula is C23H31Cl2N9O3. The zero-order chi connectivity index (χ0) is 25.8. The first-order valence-electron chi connectivity index (χ1n) is 11.8. The molecule has 2 amide bonds. The molecule has 14 heteroatoms. The number of imidazole rings is 1. The summed E-state index contributed by atoms with van der Waals surface area (Å²) in [7, 11) is 1.61. The summed E-state index contributed by atoms with van der Waals surface area (Å²) in [6.07, 6.45) is 0.903. The zero-order valence-electron chi connectivity index (χ0n) is 20.8. The zero-order valence-corrected chi connectivity index (χ0v) is 22.3. The maximum atomic E-state index is 13.3. The van der Waals surface area contributed by atoms with Gasteiger partial charge in [-0.2, -0.15) is 0 Å². The lowest BCUT2D eigenvalue weighted by Crippen LogP contribution is -3.00. The Morgan fingerprint density at radius 1 is 1.22 bits per heavy atom. The molecule has 1 aromatic carbocycles. The number of rotatable bonds is 7. The lowest BCUT2D eigenvalue weighted by Gasteiger charge is -2.19. The highest BCUT2D eigenvalue weighted by atomic mass is 35.5. The Labute approximate surface area is 225 Å². The van der Waals surface area contributed by atoms with E-state index in [-0.39, 0.29) is 53.9 Å². The summed E-state index contributed by atoms with van der Waals surface area (Å²) in [5.74, 6) is 0.732. The number of nitrogens with zero attached hydrogens (tertiary/aromatic N) is 5. The van der Waals surface area contributed by atoms with Crippen molar-refractivity contribution in [3.8, 4) is 5.75 Å². The van der Waals surface area contributed by atoms with Gasteiger partial charge in [-0.15, -0.1) is 0 Å². The Hall–Kier alpha value is -3.35. The van der Waals surface area contributed by atoms with Gasteiger partial charge in [-0.1, -0.05) is 11.6 Å². The molecule has 12 nitrogen and oxygen atoms in total. The van der Waals surface area contributed by atoms with E-state index in [1.807, 2.05) is 39.2 Å². The van der Waals surface area contributed by atoms with E-state index < -0.39 is 5.91 Å². The van der Waals surface area contributed by atoms with Gasteiger partial charge in [-0.05, 0) is 32.0 Å². The molecule has 0 spiro atoms. The molecule has 1 fully saturated rings. The molecule has 1 aliphatic heterocycles. The third-order valence-electron chi connectivity index (χ3n) is 6.22. The predicted octanol–water partition coefficient (Wildman–Crippen LogP) is -2.68. The number of carbonyl (C=O) groups excluding carboxylic acids is 2. The summed E-state index contributed by atoms with van der Waals surface area (Å²) in [5.41, 5.74) is 13.1. The van der Waals surface area contributed by atoms with Crippen LogP contribution in [-0.4, -0.2) is 64.5 Å². The molecule has 1 saturated heterocycles. The lowest BCUT2D eigenvalue weighted by atomic mass is 10.3. The fourth-order valence-electron chi connectivity index (χ4n) is 4.40. The quantitative estimate of drug-likeness (QED) is 0.231. The summed E-state index contributed by atoms with van der Waals surface area (Å²) in [6, 6.07) is 5.70.